The van der Waals surface area contributed by atoms with E-state index in [1.807, 2.05) is 0 Å². The van der Waals surface area contributed by atoms with Gasteiger partial charge < -0.3 is 24.2 Å². The SMILES string of the molecule is CCCCCCCCc1cc(O)ccc1Oc1ccc(S(=O)(=O)O)cc1.CCCCCCCCc1cc([O-])ccc1Oc1ccc(S(=O)(=O)[O-])cc1.[Ca+2]. The molecule has 4 aromatic carbocycles. The van der Waals surface area contributed by atoms with Crippen molar-refractivity contribution in [3.8, 4) is 34.5 Å². The predicted molar refractivity (Wildman–Crippen MR) is 205 cm³/mol. The first-order valence-electron chi connectivity index (χ1n) is 17.9. The van der Waals surface area contributed by atoms with Gasteiger partial charge in [-0.2, -0.15) is 8.42 Å². The topological polar surface area (TPSA) is 173 Å². The first kappa shape index (κ1) is 46.3. The van der Waals surface area contributed by atoms with Gasteiger partial charge in [0.05, 0.1) is 9.79 Å². The zero-order valence-electron chi connectivity index (χ0n) is 30.7. The van der Waals surface area contributed by atoms with Crippen molar-refractivity contribution in [3.63, 3.8) is 0 Å². The third-order valence-corrected chi connectivity index (χ3v) is 10.1. The minimum atomic E-state index is -4.47. The fourth-order valence-electron chi connectivity index (χ4n) is 5.51. The molecule has 0 unspecified atom stereocenters. The largest absolute Gasteiger partial charge is 2.00 e. The van der Waals surface area contributed by atoms with E-state index in [9.17, 15) is 31.6 Å². The van der Waals surface area contributed by atoms with Crippen molar-refractivity contribution in [1.82, 2.24) is 0 Å². The summed E-state index contributed by atoms with van der Waals surface area (Å²) in [5.74, 6) is 2.23. The van der Waals surface area contributed by atoms with Crippen molar-refractivity contribution >= 4 is 58.0 Å². The Bertz CT molecular complexity index is 1740. The Balaban J connectivity index is 0.000000360. The summed E-state index contributed by atoms with van der Waals surface area (Å²) in [6.45, 7) is 4.38. The summed E-state index contributed by atoms with van der Waals surface area (Å²) in [7, 11) is -8.69. The van der Waals surface area contributed by atoms with Crippen molar-refractivity contribution in [3.05, 3.63) is 96.1 Å². The summed E-state index contributed by atoms with van der Waals surface area (Å²) in [6, 6.07) is 20.5. The van der Waals surface area contributed by atoms with E-state index in [1.165, 1.54) is 106 Å². The van der Waals surface area contributed by atoms with Gasteiger partial charge in [-0.15, -0.1) is 5.75 Å². The Hall–Kier alpha value is -2.84. The number of ether oxygens (including phenoxy) is 2. The molecular weight excluding hydrogens is 745 g/mol. The number of hydrogen-bond acceptors (Lipinski definition) is 9. The molecule has 0 fully saturated rings. The molecule has 0 radical (unpaired) electrons. The van der Waals surface area contributed by atoms with Crippen LogP contribution < -0.4 is 14.6 Å². The molecule has 0 saturated carbocycles. The minimum absolute atomic E-state index is 0. The van der Waals surface area contributed by atoms with Gasteiger partial charge in [0.15, 0.2) is 0 Å². The molecule has 53 heavy (non-hydrogen) atoms. The van der Waals surface area contributed by atoms with E-state index in [2.05, 4.69) is 13.8 Å². The molecule has 0 aliphatic heterocycles. The molecule has 13 heteroatoms. The maximum absolute atomic E-state index is 11.7. The summed E-state index contributed by atoms with van der Waals surface area (Å²) in [4.78, 5) is -0.477. The zero-order valence-corrected chi connectivity index (χ0v) is 34.5. The number of phenolic OH excluding ortho intramolecular Hbond substituents is 1. The van der Waals surface area contributed by atoms with Gasteiger partial charge in [-0.1, -0.05) is 90.2 Å². The quantitative estimate of drug-likeness (QED) is 0.0499. The summed E-state index contributed by atoms with van der Waals surface area (Å²) >= 11 is 0. The van der Waals surface area contributed by atoms with Crippen molar-refractivity contribution in [2.75, 3.05) is 0 Å². The maximum atomic E-state index is 11.7. The van der Waals surface area contributed by atoms with Gasteiger partial charge in [0.1, 0.15) is 38.9 Å². The molecule has 2 N–H and O–H groups in total. The van der Waals surface area contributed by atoms with Crippen LogP contribution in [0.25, 0.3) is 0 Å². The number of aromatic hydroxyl groups is 1. The van der Waals surface area contributed by atoms with Crippen LogP contribution in [0.3, 0.4) is 0 Å². The van der Waals surface area contributed by atoms with E-state index in [1.54, 1.807) is 30.3 Å². The maximum Gasteiger partial charge on any atom is 2.00 e. The number of aryl methyl sites for hydroxylation is 2. The second-order valence-electron chi connectivity index (χ2n) is 12.7. The van der Waals surface area contributed by atoms with E-state index >= 15 is 0 Å². The van der Waals surface area contributed by atoms with E-state index < -0.39 is 20.2 Å². The second-order valence-corrected chi connectivity index (χ2v) is 15.5. The number of unbranched alkanes of at least 4 members (excludes halogenated alkanes) is 10. The van der Waals surface area contributed by atoms with Crippen LogP contribution in [-0.2, 0) is 33.1 Å². The van der Waals surface area contributed by atoms with E-state index in [0.29, 0.717) is 23.0 Å². The van der Waals surface area contributed by atoms with Gasteiger partial charge >= 0.3 is 37.7 Å². The predicted octanol–water partition coefficient (Wildman–Crippen LogP) is 9.31. The number of rotatable bonds is 20. The Morgan fingerprint density at radius 1 is 0.566 bits per heavy atom. The van der Waals surface area contributed by atoms with Crippen LogP contribution in [0.2, 0.25) is 0 Å². The number of benzene rings is 4. The number of hydrogen-bond donors (Lipinski definition) is 2. The van der Waals surface area contributed by atoms with Crippen molar-refractivity contribution in [2.24, 2.45) is 0 Å². The molecule has 284 valence electrons. The van der Waals surface area contributed by atoms with Crippen molar-refractivity contribution in [2.45, 2.75) is 114 Å². The summed E-state index contributed by atoms with van der Waals surface area (Å²) in [6.07, 6.45) is 15.6. The minimum Gasteiger partial charge on any atom is -0.872 e. The molecule has 0 aromatic heterocycles. The Kier molecular flexibility index (Phi) is 20.8. The third-order valence-electron chi connectivity index (χ3n) is 8.36. The van der Waals surface area contributed by atoms with Gasteiger partial charge in [0.2, 0.25) is 0 Å². The van der Waals surface area contributed by atoms with Crippen LogP contribution in [0.4, 0.5) is 0 Å². The van der Waals surface area contributed by atoms with Crippen LogP contribution in [0.1, 0.15) is 102 Å². The van der Waals surface area contributed by atoms with Crippen molar-refractivity contribution < 1.29 is 45.6 Å². The van der Waals surface area contributed by atoms with Gasteiger partial charge in [-0.05, 0) is 110 Å². The van der Waals surface area contributed by atoms with Crippen LogP contribution in [0.5, 0.6) is 34.5 Å². The molecular formula is C40H50CaO10S2. The molecule has 10 nitrogen and oxygen atoms in total. The Labute approximate surface area is 345 Å². The smallest absolute Gasteiger partial charge is 0.872 e. The summed E-state index contributed by atoms with van der Waals surface area (Å²) in [5.41, 5.74) is 1.76. The molecule has 0 aliphatic carbocycles. The Morgan fingerprint density at radius 2 is 0.981 bits per heavy atom. The summed E-state index contributed by atoms with van der Waals surface area (Å²) in [5, 5.41) is 21.4. The summed E-state index contributed by atoms with van der Waals surface area (Å²) < 4.78 is 75.8. The van der Waals surface area contributed by atoms with Gasteiger partial charge in [0, 0.05) is 0 Å². The normalized spacial score (nSPS) is 11.2. The van der Waals surface area contributed by atoms with Crippen LogP contribution in [0.15, 0.2) is 94.7 Å². The first-order valence-corrected chi connectivity index (χ1v) is 20.8. The van der Waals surface area contributed by atoms with Gasteiger partial charge in [-0.3, -0.25) is 4.55 Å². The average molecular weight is 795 g/mol. The van der Waals surface area contributed by atoms with Crippen LogP contribution in [-0.4, -0.2) is 68.8 Å². The van der Waals surface area contributed by atoms with E-state index in [-0.39, 0.29) is 59.0 Å². The zero-order chi connectivity index (χ0) is 38.0. The number of phenols is 1. The molecule has 0 bridgehead atoms. The van der Waals surface area contributed by atoms with Crippen LogP contribution in [0, 0.1) is 0 Å². The molecule has 0 heterocycles. The molecule has 0 spiro atoms. The van der Waals surface area contributed by atoms with E-state index in [0.717, 1.165) is 49.7 Å². The third kappa shape index (κ3) is 17.4. The molecule has 0 atom stereocenters. The first-order chi connectivity index (χ1) is 24.8. The van der Waals surface area contributed by atoms with Crippen LogP contribution >= 0.6 is 0 Å². The Morgan fingerprint density at radius 3 is 1.43 bits per heavy atom. The standard InChI is InChI=1S/2C20H26O5S.Ca/c2*1-2-3-4-5-6-7-8-16-15-17(21)9-14-20(16)25-18-10-12-19(13-11-18)26(22,23)24;/h2*9-15,21H,2-8H2,1H3,(H,22,23,24);/q;;+2/p-2. The molecule has 0 saturated heterocycles. The average Bonchev–Trinajstić information content (AvgIpc) is 3.10. The van der Waals surface area contributed by atoms with Gasteiger partial charge in [-0.25, -0.2) is 8.42 Å². The molecule has 4 rings (SSSR count). The van der Waals surface area contributed by atoms with Crippen molar-refractivity contribution in [1.29, 1.82) is 0 Å². The fraction of sp³-hybridized carbons (Fsp3) is 0.400. The second kappa shape index (κ2) is 23.8. The van der Waals surface area contributed by atoms with Gasteiger partial charge in [0.25, 0.3) is 10.1 Å². The molecule has 4 aromatic rings. The molecule has 0 aliphatic rings. The monoisotopic (exact) mass is 794 g/mol. The van der Waals surface area contributed by atoms with E-state index in [4.69, 9.17) is 14.0 Å². The molecule has 0 amide bonds. The fourth-order valence-corrected chi connectivity index (χ4v) is 6.46.